The number of rotatable bonds is 3. The van der Waals surface area contributed by atoms with Crippen LogP contribution >= 0.6 is 11.5 Å². The van der Waals surface area contributed by atoms with E-state index in [1.54, 1.807) is 11.5 Å². The lowest BCUT2D eigenvalue weighted by molar-refractivity contribution is 0.0675. The topological polar surface area (TPSA) is 16.1 Å². The van der Waals surface area contributed by atoms with Crippen molar-refractivity contribution in [2.75, 3.05) is 19.6 Å². The van der Waals surface area contributed by atoms with Crippen LogP contribution in [0, 0.1) is 11.8 Å². The normalized spacial score (nSPS) is 28.9. The van der Waals surface area contributed by atoms with E-state index < -0.39 is 0 Å². The van der Waals surface area contributed by atoms with Crippen molar-refractivity contribution in [2.24, 2.45) is 11.8 Å². The molecule has 3 aliphatic rings. The van der Waals surface area contributed by atoms with E-state index in [9.17, 15) is 0 Å². The van der Waals surface area contributed by atoms with Gasteiger partial charge in [0.05, 0.1) is 4.70 Å². The molecule has 5 rings (SSSR count). The second kappa shape index (κ2) is 4.97. The van der Waals surface area contributed by atoms with E-state index in [1.807, 2.05) is 6.20 Å². The fourth-order valence-electron chi connectivity index (χ4n) is 3.85. The van der Waals surface area contributed by atoms with Crippen molar-refractivity contribution in [3.8, 4) is 0 Å². The highest BCUT2D eigenvalue weighted by atomic mass is 32.1. The molecule has 4 heterocycles. The Labute approximate surface area is 124 Å². The lowest BCUT2D eigenvalue weighted by atomic mass is 9.74. The molecule has 0 amide bonds. The molecule has 3 aliphatic heterocycles. The number of hydrogen-bond donors (Lipinski definition) is 0. The predicted octanol–water partition coefficient (Wildman–Crippen LogP) is 3.74. The van der Waals surface area contributed by atoms with Crippen LogP contribution in [0.2, 0.25) is 0 Å². The first kappa shape index (κ1) is 12.5. The zero-order chi connectivity index (χ0) is 13.5. The molecule has 1 aromatic carbocycles. The van der Waals surface area contributed by atoms with Gasteiger partial charge in [-0.3, -0.25) is 0 Å². The Kier molecular flexibility index (Phi) is 3.12. The summed E-state index contributed by atoms with van der Waals surface area (Å²) >= 11 is 1.57. The van der Waals surface area contributed by atoms with Crippen LogP contribution < -0.4 is 0 Å². The molecule has 0 saturated carbocycles. The molecule has 0 radical (unpaired) electrons. The summed E-state index contributed by atoms with van der Waals surface area (Å²) in [6.07, 6.45) is 5.75. The Bertz CT molecular complexity index is 637. The minimum Gasteiger partial charge on any atom is -0.303 e. The van der Waals surface area contributed by atoms with Gasteiger partial charge in [-0.25, -0.2) is 0 Å². The Morgan fingerprint density at radius 3 is 2.95 bits per heavy atom. The van der Waals surface area contributed by atoms with Gasteiger partial charge in [0.2, 0.25) is 0 Å². The van der Waals surface area contributed by atoms with Crippen LogP contribution in [-0.4, -0.2) is 28.9 Å². The highest BCUT2D eigenvalue weighted by Gasteiger charge is 2.35. The molecule has 2 bridgehead atoms. The van der Waals surface area contributed by atoms with Gasteiger partial charge >= 0.3 is 0 Å². The molecule has 1 atom stereocenters. The van der Waals surface area contributed by atoms with Gasteiger partial charge in [0.15, 0.2) is 0 Å². The monoisotopic (exact) mass is 284 g/mol. The molecular weight excluding hydrogens is 264 g/mol. The Morgan fingerprint density at radius 1 is 1.35 bits per heavy atom. The molecule has 3 heteroatoms. The Morgan fingerprint density at radius 2 is 2.20 bits per heavy atom. The minimum atomic E-state index is 0.716. The number of fused-ring (bicyclic) bond motifs is 4. The van der Waals surface area contributed by atoms with Gasteiger partial charge in [-0.15, -0.1) is 0 Å². The molecule has 0 N–H and O–H groups in total. The summed E-state index contributed by atoms with van der Waals surface area (Å²) in [5.74, 6) is 1.60. The fraction of sp³-hybridized carbons (Fsp3) is 0.471. The molecule has 0 spiro atoms. The minimum absolute atomic E-state index is 0.716. The summed E-state index contributed by atoms with van der Waals surface area (Å²) in [4.78, 5) is 2.61. The first-order valence-electron chi connectivity index (χ1n) is 7.53. The van der Waals surface area contributed by atoms with Crippen LogP contribution in [0.1, 0.15) is 18.4 Å². The molecule has 1 aromatic heterocycles. The van der Waals surface area contributed by atoms with Crippen LogP contribution in [0.5, 0.6) is 0 Å². The van der Waals surface area contributed by atoms with Crippen LogP contribution in [-0.2, 0) is 6.42 Å². The van der Waals surface area contributed by atoms with Crippen LogP contribution in [0.25, 0.3) is 10.1 Å². The molecule has 3 saturated heterocycles. The zero-order valence-electron chi connectivity index (χ0n) is 11.7. The van der Waals surface area contributed by atoms with E-state index in [0.29, 0.717) is 5.92 Å². The second-order valence-corrected chi connectivity index (χ2v) is 7.11. The molecule has 3 fully saturated rings. The fourth-order valence-corrected chi connectivity index (χ4v) is 4.48. The summed E-state index contributed by atoms with van der Waals surface area (Å²) in [6.45, 7) is 8.28. The van der Waals surface area contributed by atoms with E-state index in [2.05, 4.69) is 34.1 Å². The number of hydrogen-bond acceptors (Lipinski definition) is 3. The van der Waals surface area contributed by atoms with Crippen LogP contribution in [0.15, 0.2) is 36.5 Å². The third-order valence-corrected chi connectivity index (χ3v) is 5.81. The number of benzene rings is 1. The summed E-state index contributed by atoms with van der Waals surface area (Å²) in [5, 5.41) is 1.27. The predicted molar refractivity (Wildman–Crippen MR) is 85.1 cm³/mol. The maximum absolute atomic E-state index is 4.42. The SMILES string of the molecule is C=C(Cc1ccc2sncc2c1)C1CN2CCC1CC2. The molecule has 0 aliphatic carbocycles. The average Bonchev–Trinajstić information content (AvgIpc) is 2.96. The zero-order valence-corrected chi connectivity index (χ0v) is 12.5. The lowest BCUT2D eigenvalue weighted by Gasteiger charge is -2.45. The van der Waals surface area contributed by atoms with Crippen molar-refractivity contribution in [1.82, 2.24) is 9.27 Å². The van der Waals surface area contributed by atoms with Crippen molar-refractivity contribution < 1.29 is 0 Å². The molecular formula is C17H20N2S. The standard InChI is InChI=1S/C17H20N2S/c1-12(16-11-19-6-4-14(16)5-7-19)8-13-2-3-17-15(9-13)10-18-20-17/h2-3,9-10,14,16H,1,4-8,11H2. The van der Waals surface area contributed by atoms with Crippen molar-refractivity contribution in [1.29, 1.82) is 0 Å². The quantitative estimate of drug-likeness (QED) is 0.798. The highest BCUT2D eigenvalue weighted by molar-refractivity contribution is 7.13. The van der Waals surface area contributed by atoms with Gasteiger partial charge in [0.1, 0.15) is 0 Å². The number of aromatic nitrogens is 1. The van der Waals surface area contributed by atoms with Crippen LogP contribution in [0.3, 0.4) is 0 Å². The van der Waals surface area contributed by atoms with E-state index in [4.69, 9.17) is 0 Å². The Balaban J connectivity index is 1.51. The molecule has 2 nitrogen and oxygen atoms in total. The molecule has 104 valence electrons. The largest absolute Gasteiger partial charge is 0.303 e. The Hall–Kier alpha value is -1.19. The van der Waals surface area contributed by atoms with Gasteiger partial charge in [-0.05, 0) is 73.4 Å². The summed E-state index contributed by atoms with van der Waals surface area (Å²) in [6, 6.07) is 6.73. The van der Waals surface area contributed by atoms with Crippen molar-refractivity contribution in [3.63, 3.8) is 0 Å². The maximum Gasteiger partial charge on any atom is 0.0550 e. The second-order valence-electron chi connectivity index (χ2n) is 6.28. The molecule has 2 aromatic rings. The van der Waals surface area contributed by atoms with Gasteiger partial charge in [0.25, 0.3) is 0 Å². The van der Waals surface area contributed by atoms with Gasteiger partial charge in [0, 0.05) is 18.1 Å². The lowest BCUT2D eigenvalue weighted by Crippen LogP contribution is -2.48. The third kappa shape index (κ3) is 2.19. The van der Waals surface area contributed by atoms with Gasteiger partial charge < -0.3 is 4.90 Å². The summed E-state index contributed by atoms with van der Waals surface area (Å²) in [5.41, 5.74) is 2.82. The van der Waals surface area contributed by atoms with E-state index in [1.165, 1.54) is 53.7 Å². The first-order chi connectivity index (χ1) is 9.79. The number of piperidine rings is 3. The highest BCUT2D eigenvalue weighted by Crippen LogP contribution is 2.37. The number of nitrogens with zero attached hydrogens (tertiary/aromatic N) is 2. The first-order valence-corrected chi connectivity index (χ1v) is 8.30. The maximum atomic E-state index is 4.42. The molecule has 20 heavy (non-hydrogen) atoms. The van der Waals surface area contributed by atoms with E-state index >= 15 is 0 Å². The van der Waals surface area contributed by atoms with Crippen molar-refractivity contribution in [2.45, 2.75) is 19.3 Å². The van der Waals surface area contributed by atoms with Gasteiger partial charge in [-0.2, -0.15) is 4.37 Å². The average molecular weight is 284 g/mol. The van der Waals surface area contributed by atoms with Crippen molar-refractivity contribution in [3.05, 3.63) is 42.1 Å². The third-order valence-electron chi connectivity index (χ3n) is 5.03. The van der Waals surface area contributed by atoms with Crippen molar-refractivity contribution >= 4 is 21.6 Å². The summed E-state index contributed by atoms with van der Waals surface area (Å²) in [7, 11) is 0. The van der Waals surface area contributed by atoms with E-state index in [0.717, 1.165) is 12.3 Å². The summed E-state index contributed by atoms with van der Waals surface area (Å²) < 4.78 is 5.53. The van der Waals surface area contributed by atoms with Gasteiger partial charge in [-0.1, -0.05) is 18.2 Å². The van der Waals surface area contributed by atoms with Crippen LogP contribution in [0.4, 0.5) is 0 Å². The van der Waals surface area contributed by atoms with E-state index in [-0.39, 0.29) is 0 Å². The molecule has 1 unspecified atom stereocenters. The smallest absolute Gasteiger partial charge is 0.0550 e.